The number of nitrogens with zero attached hydrogens (tertiary/aromatic N) is 2. The van der Waals surface area contributed by atoms with Gasteiger partial charge in [-0.25, -0.2) is 9.37 Å². The zero-order valence-corrected chi connectivity index (χ0v) is 16.2. The maximum Gasteiger partial charge on any atom is 0.258 e. The quantitative estimate of drug-likeness (QED) is 0.590. The lowest BCUT2D eigenvalue weighted by atomic mass is 10.1. The Hall–Kier alpha value is -1.47. The van der Waals surface area contributed by atoms with E-state index in [-0.39, 0.29) is 16.6 Å². The molecule has 1 N–H and O–H groups in total. The topological polar surface area (TPSA) is 46.4 Å². The van der Waals surface area contributed by atoms with Gasteiger partial charge in [0, 0.05) is 34.3 Å². The summed E-state index contributed by atoms with van der Waals surface area (Å²) in [7, 11) is 0. The van der Waals surface area contributed by atoms with Crippen LogP contribution in [0, 0.1) is 5.82 Å². The highest BCUT2D eigenvalue weighted by molar-refractivity contribution is 9.10. The first-order chi connectivity index (χ1) is 11.8. The van der Waals surface area contributed by atoms with Gasteiger partial charge < -0.3 is 5.32 Å². The molecule has 0 amide bonds. The van der Waals surface area contributed by atoms with E-state index in [0.29, 0.717) is 28.5 Å². The van der Waals surface area contributed by atoms with Crippen LogP contribution < -0.4 is 10.9 Å². The van der Waals surface area contributed by atoms with Crippen LogP contribution in [0.1, 0.15) is 24.2 Å². The lowest BCUT2D eigenvalue weighted by Crippen LogP contribution is -2.22. The van der Waals surface area contributed by atoms with E-state index in [1.54, 1.807) is 12.3 Å². The van der Waals surface area contributed by atoms with Crippen molar-refractivity contribution in [2.75, 3.05) is 0 Å². The molecule has 0 saturated carbocycles. The first kappa shape index (κ1) is 18.3. The van der Waals surface area contributed by atoms with Gasteiger partial charge in [0.2, 0.25) is 0 Å². The molecule has 25 heavy (non-hydrogen) atoms. The molecule has 0 radical (unpaired) electrons. The van der Waals surface area contributed by atoms with Crippen LogP contribution >= 0.6 is 39.1 Å². The van der Waals surface area contributed by atoms with Crippen molar-refractivity contribution in [3.05, 3.63) is 78.5 Å². The van der Waals surface area contributed by atoms with Crippen molar-refractivity contribution in [3.8, 4) is 0 Å². The summed E-state index contributed by atoms with van der Waals surface area (Å²) in [5, 5.41) is 3.55. The molecular weight excluding hydrogens is 432 g/mol. The summed E-state index contributed by atoms with van der Waals surface area (Å²) in [6.45, 7) is 2.18. The van der Waals surface area contributed by atoms with Gasteiger partial charge in [-0.3, -0.25) is 9.20 Å². The SMILES string of the molecule is CC(NCc1cc(=O)n2cc(Br)ccc2n1)c1cc(F)c(Cl)cc1Cl. The molecular formula is C17H13BrCl2FN3O. The highest BCUT2D eigenvalue weighted by Gasteiger charge is 2.14. The molecule has 8 heteroatoms. The number of rotatable bonds is 4. The zero-order chi connectivity index (χ0) is 18.1. The van der Waals surface area contributed by atoms with Crippen LogP contribution in [-0.2, 0) is 6.54 Å². The van der Waals surface area contributed by atoms with Crippen molar-refractivity contribution in [1.29, 1.82) is 0 Å². The number of nitrogens with one attached hydrogen (secondary N) is 1. The van der Waals surface area contributed by atoms with Gasteiger partial charge in [0.1, 0.15) is 11.5 Å². The number of halogens is 4. The van der Waals surface area contributed by atoms with Crippen LogP contribution in [-0.4, -0.2) is 9.38 Å². The lowest BCUT2D eigenvalue weighted by molar-refractivity contribution is 0.559. The number of pyridine rings is 1. The molecule has 0 saturated heterocycles. The van der Waals surface area contributed by atoms with Crippen molar-refractivity contribution < 1.29 is 4.39 Å². The highest BCUT2D eigenvalue weighted by Crippen LogP contribution is 2.28. The molecule has 4 nitrogen and oxygen atoms in total. The van der Waals surface area contributed by atoms with Gasteiger partial charge in [-0.15, -0.1) is 0 Å². The van der Waals surface area contributed by atoms with Crippen molar-refractivity contribution in [3.63, 3.8) is 0 Å². The molecule has 0 aliphatic carbocycles. The van der Waals surface area contributed by atoms with E-state index in [0.717, 1.165) is 4.47 Å². The molecule has 3 aromatic rings. The van der Waals surface area contributed by atoms with E-state index in [9.17, 15) is 9.18 Å². The summed E-state index contributed by atoms with van der Waals surface area (Å²) in [5.74, 6) is -0.526. The van der Waals surface area contributed by atoms with Gasteiger partial charge in [0.05, 0.1) is 10.7 Å². The minimum atomic E-state index is -0.526. The average molecular weight is 445 g/mol. The number of aromatic nitrogens is 2. The number of fused-ring (bicyclic) bond motifs is 1. The van der Waals surface area contributed by atoms with Gasteiger partial charge in [0.15, 0.2) is 0 Å². The van der Waals surface area contributed by atoms with E-state index < -0.39 is 5.82 Å². The second-order valence-corrected chi connectivity index (χ2v) is 7.28. The fraction of sp³-hybridized carbons (Fsp3) is 0.176. The smallest absolute Gasteiger partial charge is 0.258 e. The van der Waals surface area contributed by atoms with Crippen LogP contribution in [0.3, 0.4) is 0 Å². The molecule has 1 unspecified atom stereocenters. The first-order valence-electron chi connectivity index (χ1n) is 7.41. The monoisotopic (exact) mass is 443 g/mol. The van der Waals surface area contributed by atoms with Crippen molar-refractivity contribution in [2.45, 2.75) is 19.5 Å². The summed E-state index contributed by atoms with van der Waals surface area (Å²) < 4.78 is 15.9. The van der Waals surface area contributed by atoms with Crippen LogP contribution in [0.2, 0.25) is 10.0 Å². The molecule has 3 rings (SSSR count). The number of hydrogen-bond donors (Lipinski definition) is 1. The Balaban J connectivity index is 1.82. The summed E-state index contributed by atoms with van der Waals surface area (Å²) in [5.41, 5.74) is 1.55. The normalized spacial score (nSPS) is 12.5. The standard InChI is InChI=1S/C17H13BrCl2FN3O/c1-9(12-5-15(21)14(20)6-13(12)19)22-7-11-4-17(25)24-8-10(18)2-3-16(24)23-11/h2-6,8-9,22H,7H2,1H3. The van der Waals surface area contributed by atoms with Crippen LogP contribution in [0.25, 0.3) is 5.65 Å². The highest BCUT2D eigenvalue weighted by atomic mass is 79.9. The Bertz CT molecular complexity index is 1010. The average Bonchev–Trinajstić information content (AvgIpc) is 2.56. The molecule has 0 aliphatic heterocycles. The second-order valence-electron chi connectivity index (χ2n) is 5.55. The molecule has 0 spiro atoms. The van der Waals surface area contributed by atoms with Gasteiger partial charge in [-0.2, -0.15) is 0 Å². The van der Waals surface area contributed by atoms with E-state index >= 15 is 0 Å². The third-order valence-corrected chi connectivity index (χ3v) is 4.86. The first-order valence-corrected chi connectivity index (χ1v) is 8.95. The minimum absolute atomic E-state index is 0.0173. The van der Waals surface area contributed by atoms with E-state index in [1.807, 2.05) is 13.0 Å². The Labute approximate surface area is 161 Å². The van der Waals surface area contributed by atoms with Gasteiger partial charge in [-0.05, 0) is 52.7 Å². The third-order valence-electron chi connectivity index (χ3n) is 3.77. The number of benzene rings is 1. The molecule has 0 aliphatic rings. The van der Waals surface area contributed by atoms with E-state index in [2.05, 4.69) is 26.2 Å². The largest absolute Gasteiger partial charge is 0.305 e. The second kappa shape index (κ2) is 7.41. The fourth-order valence-corrected chi connectivity index (χ4v) is 3.34. The molecule has 0 fully saturated rings. The van der Waals surface area contributed by atoms with Crippen molar-refractivity contribution >= 4 is 44.8 Å². The van der Waals surface area contributed by atoms with Crippen LogP contribution in [0.15, 0.2) is 45.8 Å². The van der Waals surface area contributed by atoms with E-state index in [4.69, 9.17) is 23.2 Å². The van der Waals surface area contributed by atoms with Crippen LogP contribution in [0.4, 0.5) is 4.39 Å². The number of hydrogen-bond acceptors (Lipinski definition) is 3. The Morgan fingerprint density at radius 2 is 2.04 bits per heavy atom. The predicted molar refractivity (Wildman–Crippen MR) is 101 cm³/mol. The minimum Gasteiger partial charge on any atom is -0.305 e. The van der Waals surface area contributed by atoms with Crippen molar-refractivity contribution in [1.82, 2.24) is 14.7 Å². The molecule has 1 aromatic carbocycles. The molecule has 1 atom stereocenters. The summed E-state index contributed by atoms with van der Waals surface area (Å²) in [6.07, 6.45) is 1.67. The molecule has 2 heterocycles. The Morgan fingerprint density at radius 1 is 1.28 bits per heavy atom. The molecule has 0 bridgehead atoms. The van der Waals surface area contributed by atoms with Gasteiger partial charge >= 0.3 is 0 Å². The Kier molecular flexibility index (Phi) is 5.43. The van der Waals surface area contributed by atoms with Gasteiger partial charge in [0.25, 0.3) is 5.56 Å². The van der Waals surface area contributed by atoms with Gasteiger partial charge in [-0.1, -0.05) is 23.2 Å². The fourth-order valence-electron chi connectivity index (χ4n) is 2.45. The summed E-state index contributed by atoms with van der Waals surface area (Å²) >= 11 is 15.2. The maximum absolute atomic E-state index is 13.7. The predicted octanol–water partition coefficient (Wildman–Crippen LogP) is 4.75. The molecule has 2 aromatic heterocycles. The zero-order valence-electron chi connectivity index (χ0n) is 13.1. The van der Waals surface area contributed by atoms with Crippen LogP contribution in [0.5, 0.6) is 0 Å². The molecule has 130 valence electrons. The summed E-state index contributed by atoms with van der Waals surface area (Å²) in [4.78, 5) is 16.6. The summed E-state index contributed by atoms with van der Waals surface area (Å²) in [6, 6.07) is 7.47. The lowest BCUT2D eigenvalue weighted by Gasteiger charge is -2.16. The van der Waals surface area contributed by atoms with Crippen molar-refractivity contribution in [2.24, 2.45) is 0 Å². The van der Waals surface area contributed by atoms with E-state index in [1.165, 1.54) is 22.6 Å². The third kappa shape index (κ3) is 4.03. The Morgan fingerprint density at radius 3 is 2.80 bits per heavy atom. The maximum atomic E-state index is 13.7.